The van der Waals surface area contributed by atoms with E-state index in [4.69, 9.17) is 9.47 Å². The lowest BCUT2D eigenvalue weighted by Crippen LogP contribution is -2.53. The number of phenols is 1. The molecule has 0 saturated carbocycles. The molecule has 0 amide bonds. The second-order valence-corrected chi connectivity index (χ2v) is 11.5. The van der Waals surface area contributed by atoms with E-state index < -0.39 is 34.0 Å². The summed E-state index contributed by atoms with van der Waals surface area (Å²) in [4.78, 5) is 42.2. The minimum Gasteiger partial charge on any atom is -0.507 e. The zero-order chi connectivity index (χ0) is 28.5. The van der Waals surface area contributed by atoms with Gasteiger partial charge in [-0.15, -0.1) is 0 Å². The lowest BCUT2D eigenvalue weighted by molar-refractivity contribution is -0.161. The van der Waals surface area contributed by atoms with Crippen LogP contribution in [0.4, 0.5) is 0 Å². The molecule has 0 aromatic heterocycles. The third kappa shape index (κ3) is 5.17. The number of rotatable bonds is 7. The molecule has 0 spiro atoms. The van der Waals surface area contributed by atoms with Crippen molar-refractivity contribution in [2.75, 3.05) is 13.2 Å². The largest absolute Gasteiger partial charge is 0.507 e. The zero-order valence-electron chi connectivity index (χ0n) is 23.6. The number of phenolic OH excluding ortho intramolecular Hbond substituents is 1. The summed E-state index contributed by atoms with van der Waals surface area (Å²) in [6.45, 7) is 14.7. The Hall–Kier alpha value is -3.67. The van der Waals surface area contributed by atoms with Gasteiger partial charge in [-0.05, 0) is 70.3 Å². The van der Waals surface area contributed by atoms with Crippen LogP contribution in [0.3, 0.4) is 0 Å². The molecule has 0 aliphatic rings. The van der Waals surface area contributed by atoms with E-state index in [1.165, 1.54) is 0 Å². The van der Waals surface area contributed by atoms with Crippen LogP contribution in [0.25, 0.3) is 10.8 Å². The van der Waals surface area contributed by atoms with Crippen molar-refractivity contribution in [2.24, 2.45) is 0 Å². The van der Waals surface area contributed by atoms with E-state index in [9.17, 15) is 19.5 Å². The van der Waals surface area contributed by atoms with Gasteiger partial charge in [0.15, 0.2) is 5.78 Å². The summed E-state index contributed by atoms with van der Waals surface area (Å²) in [6, 6.07) is 15.7. The van der Waals surface area contributed by atoms with Crippen molar-refractivity contribution in [3.8, 4) is 5.75 Å². The number of ether oxygens (including phenoxy) is 2. The summed E-state index contributed by atoms with van der Waals surface area (Å²) >= 11 is 0. The van der Waals surface area contributed by atoms with Crippen LogP contribution < -0.4 is 0 Å². The van der Waals surface area contributed by atoms with E-state index in [1.54, 1.807) is 44.2 Å². The van der Waals surface area contributed by atoms with Crippen LogP contribution >= 0.6 is 0 Å². The highest BCUT2D eigenvalue weighted by Crippen LogP contribution is 2.44. The van der Waals surface area contributed by atoms with Crippen LogP contribution in [-0.2, 0) is 35.3 Å². The molecule has 1 N–H and O–H groups in total. The van der Waals surface area contributed by atoms with E-state index in [1.807, 2.05) is 65.8 Å². The van der Waals surface area contributed by atoms with Gasteiger partial charge in [-0.1, -0.05) is 77.9 Å². The number of Topliss-reactive ketones (excluding diaryl/α,β-unsaturated/α-hetero) is 1. The van der Waals surface area contributed by atoms with Gasteiger partial charge in [-0.25, -0.2) is 9.59 Å². The number of carbonyl (C=O) groups is 3. The molecule has 3 aromatic carbocycles. The number of carbonyl (C=O) groups excluding carboxylic acids is 3. The zero-order valence-corrected chi connectivity index (χ0v) is 23.6. The minimum atomic E-state index is -2.43. The first-order valence-corrected chi connectivity index (χ1v) is 13.0. The average Bonchev–Trinajstić information content (AvgIpc) is 2.83. The lowest BCUT2D eigenvalue weighted by Gasteiger charge is -2.33. The molecule has 6 nitrogen and oxygen atoms in total. The average molecular weight is 519 g/mol. The summed E-state index contributed by atoms with van der Waals surface area (Å²) in [7, 11) is 0. The quantitative estimate of drug-likeness (QED) is 0.222. The number of aromatic hydroxyl groups is 1. The molecular formula is C32H38O6. The number of hydrogen-bond donors (Lipinski definition) is 1. The topological polar surface area (TPSA) is 89.9 Å². The van der Waals surface area contributed by atoms with Gasteiger partial charge in [0.1, 0.15) is 5.75 Å². The van der Waals surface area contributed by atoms with E-state index >= 15 is 0 Å². The van der Waals surface area contributed by atoms with Gasteiger partial charge in [0.25, 0.3) is 5.41 Å². The fourth-order valence-electron chi connectivity index (χ4n) is 4.66. The monoisotopic (exact) mass is 518 g/mol. The molecule has 0 unspecified atom stereocenters. The second kappa shape index (κ2) is 10.6. The van der Waals surface area contributed by atoms with Crippen molar-refractivity contribution in [1.29, 1.82) is 0 Å². The van der Waals surface area contributed by atoms with Crippen LogP contribution in [0, 0.1) is 0 Å². The van der Waals surface area contributed by atoms with Crippen molar-refractivity contribution in [1.82, 2.24) is 0 Å². The van der Waals surface area contributed by atoms with E-state index in [0.29, 0.717) is 11.1 Å². The number of hydrogen-bond acceptors (Lipinski definition) is 6. The van der Waals surface area contributed by atoms with Gasteiger partial charge in [0.2, 0.25) is 0 Å². The molecule has 0 aliphatic carbocycles. The standard InChI is InChI=1S/C32H38O6/c1-9-37-28(35)32(29(36)38-10-2,27(34)22-16-15-20-13-11-12-14-21(20)17-22)23-18-24(30(3,4)5)26(33)25(19-23)31(6,7)8/h11-19,33H,9-10H2,1-8H3. The Morgan fingerprint density at radius 3 is 1.63 bits per heavy atom. The molecule has 3 aromatic rings. The summed E-state index contributed by atoms with van der Waals surface area (Å²) in [6.07, 6.45) is 0. The van der Waals surface area contributed by atoms with E-state index in [-0.39, 0.29) is 30.1 Å². The maximum Gasteiger partial charge on any atom is 0.336 e. The van der Waals surface area contributed by atoms with Crippen molar-refractivity contribution in [3.63, 3.8) is 0 Å². The third-order valence-electron chi connectivity index (χ3n) is 6.67. The Morgan fingerprint density at radius 1 is 0.711 bits per heavy atom. The summed E-state index contributed by atoms with van der Waals surface area (Å²) < 4.78 is 10.8. The highest BCUT2D eigenvalue weighted by atomic mass is 16.6. The number of benzene rings is 3. The van der Waals surface area contributed by atoms with Crippen molar-refractivity contribution < 1.29 is 29.0 Å². The first-order valence-electron chi connectivity index (χ1n) is 13.0. The molecule has 38 heavy (non-hydrogen) atoms. The van der Waals surface area contributed by atoms with Crippen molar-refractivity contribution in [3.05, 3.63) is 76.9 Å². The normalized spacial score (nSPS) is 12.3. The van der Waals surface area contributed by atoms with Crippen LogP contribution in [0.5, 0.6) is 5.75 Å². The van der Waals surface area contributed by atoms with Crippen LogP contribution in [0.2, 0.25) is 0 Å². The number of esters is 2. The van der Waals surface area contributed by atoms with Gasteiger partial charge < -0.3 is 14.6 Å². The van der Waals surface area contributed by atoms with E-state index in [0.717, 1.165) is 10.8 Å². The molecule has 0 radical (unpaired) electrons. The van der Waals surface area contributed by atoms with Gasteiger partial charge in [0.05, 0.1) is 13.2 Å². The Labute approximate surface area is 225 Å². The first-order chi connectivity index (χ1) is 17.7. The van der Waals surface area contributed by atoms with Crippen molar-refractivity contribution in [2.45, 2.75) is 71.6 Å². The third-order valence-corrected chi connectivity index (χ3v) is 6.67. The van der Waals surface area contributed by atoms with Crippen LogP contribution in [0.15, 0.2) is 54.6 Å². The summed E-state index contributed by atoms with van der Waals surface area (Å²) in [5.41, 5.74) is -2.27. The fraction of sp³-hybridized carbons (Fsp3) is 0.406. The predicted molar refractivity (Wildman–Crippen MR) is 149 cm³/mol. The highest BCUT2D eigenvalue weighted by Gasteiger charge is 2.58. The molecule has 0 saturated heterocycles. The number of fused-ring (bicyclic) bond motifs is 1. The molecule has 0 atom stereocenters. The Kier molecular flexibility index (Phi) is 8.06. The maximum absolute atomic E-state index is 14.5. The molecule has 0 bridgehead atoms. The molecule has 3 rings (SSSR count). The number of ketones is 1. The Morgan fingerprint density at radius 2 is 1.18 bits per heavy atom. The molecule has 0 fully saturated rings. The van der Waals surface area contributed by atoms with E-state index in [2.05, 4.69) is 0 Å². The molecular weight excluding hydrogens is 480 g/mol. The molecule has 6 heteroatoms. The van der Waals surface area contributed by atoms with Crippen molar-refractivity contribution >= 4 is 28.5 Å². The van der Waals surface area contributed by atoms with Crippen LogP contribution in [-0.4, -0.2) is 36.0 Å². The predicted octanol–water partition coefficient (Wildman–Crippen LogP) is 6.39. The van der Waals surface area contributed by atoms with Gasteiger partial charge in [-0.2, -0.15) is 0 Å². The smallest absolute Gasteiger partial charge is 0.336 e. The lowest BCUT2D eigenvalue weighted by atomic mass is 9.69. The fourth-order valence-corrected chi connectivity index (χ4v) is 4.66. The van der Waals surface area contributed by atoms with Gasteiger partial charge >= 0.3 is 11.9 Å². The van der Waals surface area contributed by atoms with Gasteiger partial charge in [0, 0.05) is 5.56 Å². The first kappa shape index (κ1) is 28.9. The SMILES string of the molecule is CCOC(=O)C(C(=O)OCC)(C(=O)c1ccc2ccccc2c1)c1cc(C(C)(C)C)c(O)c(C(C)(C)C)c1. The Balaban J connectivity index is 2.48. The maximum atomic E-state index is 14.5. The second-order valence-electron chi connectivity index (χ2n) is 11.5. The molecule has 0 aliphatic heterocycles. The van der Waals surface area contributed by atoms with Gasteiger partial charge in [-0.3, -0.25) is 4.79 Å². The summed E-state index contributed by atoms with van der Waals surface area (Å²) in [5, 5.41) is 13.0. The minimum absolute atomic E-state index is 0.0403. The summed E-state index contributed by atoms with van der Waals surface area (Å²) in [5.74, 6) is -2.71. The molecule has 0 heterocycles. The highest BCUT2D eigenvalue weighted by molar-refractivity contribution is 6.31. The Bertz CT molecular complexity index is 1320. The van der Waals surface area contributed by atoms with Crippen LogP contribution in [0.1, 0.15) is 82.4 Å². The molecule has 202 valence electrons.